The summed E-state index contributed by atoms with van der Waals surface area (Å²) < 4.78 is 36.7. The Hall–Kier alpha value is -4.34. The van der Waals surface area contributed by atoms with Crippen molar-refractivity contribution in [3.8, 4) is 22.4 Å². The van der Waals surface area contributed by atoms with E-state index in [0.29, 0.717) is 49.2 Å². The number of aryl methyl sites for hydroxylation is 1. The summed E-state index contributed by atoms with van der Waals surface area (Å²) in [6.45, 7) is 2.22. The van der Waals surface area contributed by atoms with Crippen LogP contribution in [0.15, 0.2) is 55.2 Å². The van der Waals surface area contributed by atoms with Crippen molar-refractivity contribution < 1.29 is 17.3 Å². The van der Waals surface area contributed by atoms with E-state index < -0.39 is 10.1 Å². The lowest BCUT2D eigenvalue weighted by molar-refractivity contribution is 0.0273. The predicted molar refractivity (Wildman–Crippen MR) is 144 cm³/mol. The van der Waals surface area contributed by atoms with Crippen LogP contribution in [0.1, 0.15) is 5.56 Å². The molecule has 14 nitrogen and oxygen atoms in total. The average molecular weight is 563 g/mol. The largest absolute Gasteiger partial charge is 0.373 e. The fourth-order valence-electron chi connectivity index (χ4n) is 4.38. The molecule has 1 aromatic carbocycles. The summed E-state index contributed by atoms with van der Waals surface area (Å²) in [5.74, 6) is 0.611. The summed E-state index contributed by atoms with van der Waals surface area (Å²) in [6, 6.07) is 7.40. The zero-order valence-electron chi connectivity index (χ0n) is 21.8. The highest BCUT2D eigenvalue weighted by molar-refractivity contribution is 7.85. The van der Waals surface area contributed by atoms with E-state index in [-0.39, 0.29) is 12.7 Å². The standard InChI is InChI=1S/C25H26N10O4S/c1-33-13-20(11-29-33)22-12-26-24-23(30-22)31-32-35(24)15-21-14-34(7-8-38-21)25-27-9-19(10-28-25)18-5-3-17(4-6-18)16-39-40(2,36)37/h3-6,9-13,21H,7-8,14-16H2,1-2H3/t21-/m0/s1. The minimum absolute atomic E-state index is 0.00382. The fourth-order valence-corrected chi connectivity index (χ4v) is 4.73. The molecular weight excluding hydrogens is 536 g/mol. The third-order valence-corrected chi connectivity index (χ3v) is 6.94. The van der Waals surface area contributed by atoms with E-state index >= 15 is 0 Å². The van der Waals surface area contributed by atoms with Crippen molar-refractivity contribution in [3.63, 3.8) is 0 Å². The van der Waals surface area contributed by atoms with Gasteiger partial charge in [0.15, 0.2) is 5.65 Å². The molecule has 0 amide bonds. The molecule has 206 valence electrons. The Balaban J connectivity index is 1.10. The van der Waals surface area contributed by atoms with Gasteiger partial charge in [0.05, 0.1) is 50.2 Å². The van der Waals surface area contributed by atoms with E-state index in [4.69, 9.17) is 8.92 Å². The lowest BCUT2D eigenvalue weighted by atomic mass is 10.1. The molecule has 1 saturated heterocycles. The van der Waals surface area contributed by atoms with Crippen LogP contribution in [-0.2, 0) is 39.2 Å². The number of benzene rings is 1. The molecule has 0 N–H and O–H groups in total. The number of aromatic nitrogens is 9. The first-order valence-electron chi connectivity index (χ1n) is 12.5. The number of nitrogens with zero attached hydrogens (tertiary/aromatic N) is 10. The average Bonchev–Trinajstić information content (AvgIpc) is 3.58. The molecule has 0 aliphatic carbocycles. The van der Waals surface area contributed by atoms with Crippen LogP contribution >= 0.6 is 0 Å². The molecule has 1 aliphatic rings. The smallest absolute Gasteiger partial charge is 0.264 e. The summed E-state index contributed by atoms with van der Waals surface area (Å²) in [7, 11) is -1.64. The maximum absolute atomic E-state index is 11.2. The Morgan fingerprint density at radius 3 is 2.55 bits per heavy atom. The van der Waals surface area contributed by atoms with Crippen molar-refractivity contribution in [1.29, 1.82) is 0 Å². The zero-order chi connectivity index (χ0) is 27.7. The van der Waals surface area contributed by atoms with Crippen LogP contribution in [0.25, 0.3) is 33.7 Å². The van der Waals surface area contributed by atoms with Gasteiger partial charge in [-0.05, 0) is 11.1 Å². The molecule has 5 aromatic rings. The summed E-state index contributed by atoms with van der Waals surface area (Å²) in [4.78, 5) is 20.4. The summed E-state index contributed by atoms with van der Waals surface area (Å²) >= 11 is 0. The van der Waals surface area contributed by atoms with Gasteiger partial charge in [0.2, 0.25) is 11.6 Å². The SMILES string of the molecule is Cn1cc(-c2cnc3c(nnn3C[C@@H]3CN(c4ncc(-c5ccc(COS(C)(=O)=O)cc5)cn4)CCO3)n2)cn1. The minimum atomic E-state index is -3.49. The van der Waals surface area contributed by atoms with E-state index in [0.717, 1.165) is 28.5 Å². The van der Waals surface area contributed by atoms with Gasteiger partial charge in [0, 0.05) is 49.9 Å². The number of fused-ring (bicyclic) bond motifs is 1. The molecule has 0 saturated carbocycles. The van der Waals surface area contributed by atoms with Crippen LogP contribution in [0.4, 0.5) is 5.95 Å². The lowest BCUT2D eigenvalue weighted by Gasteiger charge is -2.32. The van der Waals surface area contributed by atoms with E-state index in [1.54, 1.807) is 34.2 Å². The van der Waals surface area contributed by atoms with Crippen LogP contribution in [0.3, 0.4) is 0 Å². The van der Waals surface area contributed by atoms with Gasteiger partial charge < -0.3 is 9.64 Å². The van der Waals surface area contributed by atoms with Gasteiger partial charge in [-0.2, -0.15) is 13.5 Å². The molecule has 4 aromatic heterocycles. The van der Waals surface area contributed by atoms with Crippen LogP contribution in [0, 0.1) is 0 Å². The zero-order valence-corrected chi connectivity index (χ0v) is 22.6. The molecule has 0 bridgehead atoms. The maximum atomic E-state index is 11.2. The van der Waals surface area contributed by atoms with Gasteiger partial charge in [-0.1, -0.05) is 29.5 Å². The van der Waals surface area contributed by atoms with Crippen molar-refractivity contribution >= 4 is 27.4 Å². The quantitative estimate of drug-likeness (QED) is 0.251. The molecule has 5 heterocycles. The Morgan fingerprint density at radius 1 is 1.02 bits per heavy atom. The first kappa shape index (κ1) is 25.9. The number of morpholine rings is 1. The van der Waals surface area contributed by atoms with Gasteiger partial charge in [0.25, 0.3) is 10.1 Å². The number of rotatable bonds is 8. The molecule has 1 aliphatic heterocycles. The molecule has 0 radical (unpaired) electrons. The maximum Gasteiger partial charge on any atom is 0.264 e. The number of hydrogen-bond donors (Lipinski definition) is 0. The fraction of sp³-hybridized carbons (Fsp3) is 0.320. The third kappa shape index (κ3) is 5.80. The Labute approximate surface area is 229 Å². The summed E-state index contributed by atoms with van der Waals surface area (Å²) in [5, 5.41) is 12.6. The molecule has 0 unspecified atom stereocenters. The van der Waals surface area contributed by atoms with Crippen molar-refractivity contribution in [2.75, 3.05) is 30.9 Å². The van der Waals surface area contributed by atoms with Crippen molar-refractivity contribution in [2.24, 2.45) is 7.05 Å². The molecule has 15 heteroatoms. The van der Waals surface area contributed by atoms with Crippen molar-refractivity contribution in [2.45, 2.75) is 19.3 Å². The van der Waals surface area contributed by atoms with Crippen LogP contribution in [0.5, 0.6) is 0 Å². The van der Waals surface area contributed by atoms with Crippen molar-refractivity contribution in [3.05, 3.63) is 60.8 Å². The van der Waals surface area contributed by atoms with Gasteiger partial charge in [-0.15, -0.1) is 5.10 Å². The molecule has 1 fully saturated rings. The van der Waals surface area contributed by atoms with Gasteiger partial charge >= 0.3 is 0 Å². The Morgan fingerprint density at radius 2 is 1.82 bits per heavy atom. The van der Waals surface area contributed by atoms with Crippen LogP contribution < -0.4 is 4.90 Å². The van der Waals surface area contributed by atoms with Gasteiger partial charge in [-0.3, -0.25) is 8.86 Å². The molecule has 6 rings (SSSR count). The van der Waals surface area contributed by atoms with Crippen molar-refractivity contribution in [1.82, 2.24) is 44.7 Å². The number of hydrogen-bond acceptors (Lipinski definition) is 12. The molecular formula is C25H26N10O4S. The second kappa shape index (κ2) is 10.7. The van der Waals surface area contributed by atoms with Crippen LogP contribution in [-0.4, -0.2) is 85.2 Å². The van der Waals surface area contributed by atoms with E-state index in [1.807, 2.05) is 37.5 Å². The summed E-state index contributed by atoms with van der Waals surface area (Å²) in [6.07, 6.45) is 9.71. The van der Waals surface area contributed by atoms with E-state index in [1.165, 1.54) is 0 Å². The predicted octanol–water partition coefficient (Wildman–Crippen LogP) is 1.46. The number of anilines is 1. The summed E-state index contributed by atoms with van der Waals surface area (Å²) in [5.41, 5.74) is 5.12. The Kier molecular flexibility index (Phi) is 6.91. The second-order valence-electron chi connectivity index (χ2n) is 9.45. The van der Waals surface area contributed by atoms with E-state index in [9.17, 15) is 8.42 Å². The topological polar surface area (TPSA) is 156 Å². The highest BCUT2D eigenvalue weighted by Gasteiger charge is 2.24. The number of ether oxygens (including phenoxy) is 1. The molecule has 40 heavy (non-hydrogen) atoms. The molecule has 0 spiro atoms. The van der Waals surface area contributed by atoms with E-state index in [2.05, 4.69) is 40.2 Å². The second-order valence-corrected chi connectivity index (χ2v) is 11.1. The third-order valence-electron chi connectivity index (χ3n) is 6.39. The van der Waals surface area contributed by atoms with Crippen LogP contribution in [0.2, 0.25) is 0 Å². The highest BCUT2D eigenvalue weighted by atomic mass is 32.2. The Bertz CT molecular complexity index is 1740. The minimum Gasteiger partial charge on any atom is -0.373 e. The van der Waals surface area contributed by atoms with Gasteiger partial charge in [0.1, 0.15) is 0 Å². The first-order chi connectivity index (χ1) is 19.3. The first-order valence-corrected chi connectivity index (χ1v) is 14.3. The lowest BCUT2D eigenvalue weighted by Crippen LogP contribution is -2.45. The van der Waals surface area contributed by atoms with Gasteiger partial charge in [-0.25, -0.2) is 24.6 Å². The monoisotopic (exact) mass is 562 g/mol. The molecule has 1 atom stereocenters. The highest BCUT2D eigenvalue weighted by Crippen LogP contribution is 2.22. The normalized spacial score (nSPS) is 16.1.